The summed E-state index contributed by atoms with van der Waals surface area (Å²) in [6, 6.07) is 2.27. The first-order valence-electron chi connectivity index (χ1n) is 9.14. The van der Waals surface area contributed by atoms with E-state index in [0.29, 0.717) is 23.0 Å². The molecule has 158 valence electrons. The minimum absolute atomic E-state index is 0.106. The fourth-order valence-corrected chi connectivity index (χ4v) is 2.79. The van der Waals surface area contributed by atoms with Crippen LogP contribution in [0.2, 0.25) is 0 Å². The van der Waals surface area contributed by atoms with E-state index in [1.807, 2.05) is 17.5 Å². The highest BCUT2D eigenvalue weighted by atomic mass is 32.1. The van der Waals surface area contributed by atoms with Crippen LogP contribution in [0.4, 0.5) is 15.4 Å². The molecule has 0 unspecified atom stereocenters. The highest BCUT2D eigenvalue weighted by Gasteiger charge is 2.22. The molecule has 2 aliphatic rings. The number of nitrogens with one attached hydrogen (secondary N) is 1. The lowest BCUT2D eigenvalue weighted by Crippen LogP contribution is -2.39. The van der Waals surface area contributed by atoms with E-state index in [0.717, 1.165) is 22.7 Å². The smallest absolute Gasteiger partial charge is 0.415 e. The summed E-state index contributed by atoms with van der Waals surface area (Å²) in [6.45, 7) is 1.75. The molecule has 0 aromatic carbocycles. The number of thiol groups is 1. The average molecular weight is 431 g/mol. The van der Waals surface area contributed by atoms with E-state index in [1.54, 1.807) is 13.0 Å². The third-order valence-corrected chi connectivity index (χ3v) is 4.45. The number of rotatable bonds is 5. The average Bonchev–Trinajstić information content (AvgIpc) is 2.79. The van der Waals surface area contributed by atoms with Crippen LogP contribution in [-0.2, 0) is 14.2 Å². The molecule has 1 aromatic heterocycles. The number of nitrogens with zero attached hydrogens (tertiary/aromatic N) is 2. The van der Waals surface area contributed by atoms with Crippen LogP contribution < -0.4 is 14.4 Å². The fraction of sp³-hybridized carbons (Fsp3) is 0.250. The number of pyridine rings is 1. The molecular formula is C20H21N3O6S. The molecule has 9 nitrogen and oxygen atoms in total. The first-order chi connectivity index (χ1) is 14.5. The van der Waals surface area contributed by atoms with Crippen molar-refractivity contribution in [3.63, 3.8) is 0 Å². The van der Waals surface area contributed by atoms with E-state index in [-0.39, 0.29) is 12.4 Å². The third kappa shape index (κ3) is 5.15. The van der Waals surface area contributed by atoms with Crippen LogP contribution in [0.1, 0.15) is 25.5 Å². The lowest BCUT2D eigenvalue weighted by molar-refractivity contribution is 0.154. The van der Waals surface area contributed by atoms with E-state index in [2.05, 4.69) is 23.9 Å². The van der Waals surface area contributed by atoms with Gasteiger partial charge in [0.05, 0.1) is 13.7 Å². The van der Waals surface area contributed by atoms with Gasteiger partial charge >= 0.3 is 12.1 Å². The number of methoxy groups -OCH3 is 1. The summed E-state index contributed by atoms with van der Waals surface area (Å²) in [6.07, 6.45) is 9.77. The van der Waals surface area contributed by atoms with Crippen LogP contribution in [0.25, 0.3) is 5.76 Å². The number of ether oxygens (including phenoxy) is 4. The minimum Gasteiger partial charge on any atom is -0.497 e. The Morgan fingerprint density at radius 2 is 2.10 bits per heavy atom. The van der Waals surface area contributed by atoms with Crippen LogP contribution >= 0.6 is 12.8 Å². The van der Waals surface area contributed by atoms with Gasteiger partial charge in [-0.2, -0.15) is 0 Å². The molecule has 10 heteroatoms. The molecule has 0 saturated carbocycles. The van der Waals surface area contributed by atoms with E-state index < -0.39 is 12.1 Å². The maximum absolute atomic E-state index is 12.2. The first kappa shape index (κ1) is 21.3. The summed E-state index contributed by atoms with van der Waals surface area (Å²) in [4.78, 5) is 28.1. The maximum Gasteiger partial charge on any atom is 0.415 e. The molecule has 2 heterocycles. The van der Waals surface area contributed by atoms with E-state index in [4.69, 9.17) is 18.9 Å². The molecule has 0 bridgehead atoms. The van der Waals surface area contributed by atoms with Crippen LogP contribution in [-0.4, -0.2) is 30.8 Å². The van der Waals surface area contributed by atoms with Gasteiger partial charge in [0.25, 0.3) is 0 Å². The number of carbonyl (C=O) groups excluding carboxylic acids is 2. The second kappa shape index (κ2) is 9.88. The number of hydrogen-bond donors (Lipinski definition) is 2. The number of alkyl carbamates (subject to hydrolysis) is 1. The van der Waals surface area contributed by atoms with Crippen molar-refractivity contribution in [3.8, 4) is 5.75 Å². The zero-order chi connectivity index (χ0) is 21.5. The zero-order valence-corrected chi connectivity index (χ0v) is 17.3. The van der Waals surface area contributed by atoms with Gasteiger partial charge in [0, 0.05) is 12.1 Å². The van der Waals surface area contributed by atoms with Crippen molar-refractivity contribution in [1.29, 1.82) is 0 Å². The Morgan fingerprint density at radius 1 is 1.30 bits per heavy atom. The third-order valence-electron chi connectivity index (χ3n) is 4.07. The van der Waals surface area contributed by atoms with Gasteiger partial charge < -0.3 is 18.9 Å². The number of anilines is 1. The standard InChI is InChI=1S/C20H21N3O6S/c1-3-28-20(25)22-19(24)23(30)18-10-14(26-2)9-15(21-18)17-12-27-11-16(29-17)13-7-5-4-6-8-13/h4-5,7,9-12,30H,3,6,8H2,1-2H3,(H,22,24,25). The quantitative estimate of drug-likeness (QED) is 0.678. The minimum atomic E-state index is -0.888. The molecule has 0 radical (unpaired) electrons. The van der Waals surface area contributed by atoms with Gasteiger partial charge in [-0.3, -0.25) is 0 Å². The first-order valence-corrected chi connectivity index (χ1v) is 9.54. The summed E-state index contributed by atoms with van der Waals surface area (Å²) in [7, 11) is 1.47. The Morgan fingerprint density at radius 3 is 2.80 bits per heavy atom. The predicted molar refractivity (Wildman–Crippen MR) is 112 cm³/mol. The normalized spacial score (nSPS) is 15.0. The second-order valence-electron chi connectivity index (χ2n) is 6.07. The highest BCUT2D eigenvalue weighted by molar-refractivity contribution is 7.82. The number of hydrogen-bond acceptors (Lipinski definition) is 8. The van der Waals surface area contributed by atoms with Gasteiger partial charge in [0.15, 0.2) is 17.3 Å². The van der Waals surface area contributed by atoms with Gasteiger partial charge in [-0.1, -0.05) is 31.0 Å². The van der Waals surface area contributed by atoms with Crippen molar-refractivity contribution in [2.24, 2.45) is 0 Å². The summed E-state index contributed by atoms with van der Waals surface area (Å²) in [5.74, 6) is 1.41. The summed E-state index contributed by atoms with van der Waals surface area (Å²) >= 11 is 4.13. The second-order valence-corrected chi connectivity index (χ2v) is 6.47. The van der Waals surface area contributed by atoms with Crippen molar-refractivity contribution >= 4 is 36.5 Å². The van der Waals surface area contributed by atoms with Crippen molar-refractivity contribution in [2.75, 3.05) is 18.0 Å². The number of carbonyl (C=O) groups is 2. The van der Waals surface area contributed by atoms with Crippen molar-refractivity contribution in [2.45, 2.75) is 19.8 Å². The van der Waals surface area contributed by atoms with Gasteiger partial charge in [0.2, 0.25) is 0 Å². The molecule has 0 fully saturated rings. The molecule has 1 aromatic rings. The van der Waals surface area contributed by atoms with Crippen molar-refractivity contribution in [3.05, 3.63) is 59.9 Å². The largest absolute Gasteiger partial charge is 0.497 e. The topological polar surface area (TPSA) is 99.2 Å². The SMILES string of the molecule is CCOC(=O)NC(=O)N(S)c1cc(OC)cc(C2=COC=C(C3=CC=CCC3)O2)n1. The van der Waals surface area contributed by atoms with E-state index in [9.17, 15) is 9.59 Å². The predicted octanol–water partition coefficient (Wildman–Crippen LogP) is 4.07. The van der Waals surface area contributed by atoms with Crippen LogP contribution in [0.5, 0.6) is 5.75 Å². The number of imide groups is 1. The molecule has 3 rings (SSSR count). The van der Waals surface area contributed by atoms with Gasteiger partial charge in [-0.15, -0.1) is 0 Å². The Balaban J connectivity index is 1.81. The highest BCUT2D eigenvalue weighted by Crippen LogP contribution is 2.32. The van der Waals surface area contributed by atoms with E-state index in [1.165, 1.54) is 25.7 Å². The van der Waals surface area contributed by atoms with Crippen LogP contribution in [0.3, 0.4) is 0 Å². The lowest BCUT2D eigenvalue weighted by Gasteiger charge is -2.21. The van der Waals surface area contributed by atoms with Gasteiger partial charge in [0.1, 0.15) is 24.0 Å². The summed E-state index contributed by atoms with van der Waals surface area (Å²) < 4.78 is 22.2. The Labute approximate surface area is 179 Å². The van der Waals surface area contributed by atoms with Crippen molar-refractivity contribution in [1.82, 2.24) is 10.3 Å². The Hall–Kier alpha value is -3.40. The fourth-order valence-electron chi connectivity index (χ4n) is 2.64. The van der Waals surface area contributed by atoms with Crippen LogP contribution in [0, 0.1) is 0 Å². The molecule has 30 heavy (non-hydrogen) atoms. The van der Waals surface area contributed by atoms with Gasteiger partial charge in [-0.25, -0.2) is 24.2 Å². The number of urea groups is 1. The zero-order valence-electron chi connectivity index (χ0n) is 16.5. The number of amides is 3. The van der Waals surface area contributed by atoms with E-state index >= 15 is 0 Å². The number of aromatic nitrogens is 1. The molecule has 0 atom stereocenters. The molecule has 1 aliphatic heterocycles. The molecular weight excluding hydrogens is 410 g/mol. The molecule has 1 N–H and O–H groups in total. The summed E-state index contributed by atoms with van der Waals surface area (Å²) in [5, 5.41) is 2.04. The van der Waals surface area contributed by atoms with Gasteiger partial charge in [-0.05, 0) is 25.3 Å². The molecule has 0 saturated heterocycles. The van der Waals surface area contributed by atoms with Crippen molar-refractivity contribution < 1.29 is 28.5 Å². The summed E-state index contributed by atoms with van der Waals surface area (Å²) in [5.41, 5.74) is 1.35. The number of allylic oxidation sites excluding steroid dienone is 4. The Bertz CT molecular complexity index is 954. The molecule has 1 aliphatic carbocycles. The van der Waals surface area contributed by atoms with Crippen LogP contribution in [0.15, 0.2) is 54.2 Å². The molecule has 0 spiro atoms. The lowest BCUT2D eigenvalue weighted by atomic mass is 10.0. The Kier molecular flexibility index (Phi) is 7.02. The maximum atomic E-state index is 12.2. The molecule has 3 amide bonds. The monoisotopic (exact) mass is 431 g/mol.